The van der Waals surface area contributed by atoms with E-state index in [1.54, 1.807) is 24.4 Å². The maximum Gasteiger partial charge on any atom is 0.302 e. The number of nitrogens with zero attached hydrogens (tertiary/aromatic N) is 4. The van der Waals surface area contributed by atoms with Crippen LogP contribution in [0.1, 0.15) is 54.8 Å². The third-order valence-electron chi connectivity index (χ3n) is 5.60. The first-order valence-corrected chi connectivity index (χ1v) is 10.8. The fourth-order valence-electron chi connectivity index (χ4n) is 4.14. The highest BCUT2D eigenvalue weighted by Gasteiger charge is 2.27. The minimum Gasteiger partial charge on any atom is -0.423 e. The smallest absolute Gasteiger partial charge is 0.302 e. The summed E-state index contributed by atoms with van der Waals surface area (Å²) >= 11 is 6.02. The van der Waals surface area contributed by atoms with Crippen molar-refractivity contribution in [1.29, 1.82) is 0 Å². The number of hydrogen-bond acceptors (Lipinski definition) is 6. The number of nitrogens with one attached hydrogen (secondary N) is 2. The SMILES string of the molecule is CC(C)c1nccc2c1c(C(=O)Nc1nc3cc(Cl)ccc3o1)nn2[C@@H]1CCCNC1. The van der Waals surface area contributed by atoms with Gasteiger partial charge in [0.05, 0.1) is 22.6 Å². The predicted molar refractivity (Wildman–Crippen MR) is 120 cm³/mol. The summed E-state index contributed by atoms with van der Waals surface area (Å²) < 4.78 is 7.63. The van der Waals surface area contributed by atoms with Gasteiger partial charge in [-0.05, 0) is 49.6 Å². The molecule has 1 aliphatic heterocycles. The molecule has 0 aliphatic carbocycles. The first-order valence-electron chi connectivity index (χ1n) is 10.5. The summed E-state index contributed by atoms with van der Waals surface area (Å²) in [5, 5.41) is 12.3. The van der Waals surface area contributed by atoms with Gasteiger partial charge in [-0.2, -0.15) is 10.1 Å². The second-order valence-electron chi connectivity index (χ2n) is 8.12. The van der Waals surface area contributed by atoms with E-state index in [-0.39, 0.29) is 23.9 Å². The number of halogens is 1. The molecule has 160 valence electrons. The van der Waals surface area contributed by atoms with Crippen LogP contribution in [0.4, 0.5) is 6.01 Å². The molecule has 1 saturated heterocycles. The zero-order valence-corrected chi connectivity index (χ0v) is 18.1. The van der Waals surface area contributed by atoms with Crippen molar-refractivity contribution in [3.63, 3.8) is 0 Å². The Bertz CT molecular complexity index is 1270. The average molecular weight is 439 g/mol. The normalized spacial score (nSPS) is 17.0. The standard InChI is InChI=1S/C22H23ClN6O2/c1-12(2)19-18-16(7-9-25-19)29(14-4-3-8-24-11-14)28-20(18)21(30)27-22-26-15-10-13(23)5-6-17(15)31-22/h5-7,9-10,12,14,24H,3-4,8,11H2,1-2H3,(H,26,27,30)/t14-/m1/s1. The minimum atomic E-state index is -0.375. The molecule has 0 unspecified atom stereocenters. The molecule has 0 radical (unpaired) electrons. The molecule has 1 atom stereocenters. The van der Waals surface area contributed by atoms with E-state index in [1.165, 1.54) is 0 Å². The van der Waals surface area contributed by atoms with E-state index in [0.717, 1.165) is 42.5 Å². The Balaban J connectivity index is 1.57. The van der Waals surface area contributed by atoms with Gasteiger partial charge < -0.3 is 9.73 Å². The van der Waals surface area contributed by atoms with E-state index in [4.69, 9.17) is 21.1 Å². The van der Waals surface area contributed by atoms with Crippen molar-refractivity contribution >= 4 is 45.5 Å². The average Bonchev–Trinajstić information content (AvgIpc) is 3.34. The van der Waals surface area contributed by atoms with Crippen molar-refractivity contribution in [1.82, 2.24) is 25.1 Å². The van der Waals surface area contributed by atoms with Crippen LogP contribution in [0, 0.1) is 0 Å². The number of oxazole rings is 1. The molecule has 9 heteroatoms. The van der Waals surface area contributed by atoms with Crippen LogP contribution in [0.2, 0.25) is 5.02 Å². The van der Waals surface area contributed by atoms with Crippen molar-refractivity contribution in [3.05, 3.63) is 46.9 Å². The number of anilines is 1. The molecule has 0 bridgehead atoms. The van der Waals surface area contributed by atoms with Gasteiger partial charge in [-0.3, -0.25) is 19.8 Å². The van der Waals surface area contributed by atoms with Gasteiger partial charge in [-0.1, -0.05) is 25.4 Å². The number of fused-ring (bicyclic) bond motifs is 2. The molecule has 31 heavy (non-hydrogen) atoms. The number of piperidine rings is 1. The van der Waals surface area contributed by atoms with Crippen LogP contribution in [0.15, 0.2) is 34.9 Å². The number of benzene rings is 1. The molecule has 1 aliphatic rings. The van der Waals surface area contributed by atoms with E-state index in [2.05, 4.69) is 34.4 Å². The van der Waals surface area contributed by atoms with E-state index in [9.17, 15) is 4.79 Å². The van der Waals surface area contributed by atoms with Gasteiger partial charge in [0.1, 0.15) is 5.52 Å². The number of amides is 1. The van der Waals surface area contributed by atoms with Gasteiger partial charge in [0.15, 0.2) is 11.3 Å². The molecule has 1 fully saturated rings. The van der Waals surface area contributed by atoms with Crippen molar-refractivity contribution in [2.24, 2.45) is 0 Å². The predicted octanol–water partition coefficient (Wildman–Crippen LogP) is 4.53. The van der Waals surface area contributed by atoms with Gasteiger partial charge in [0.2, 0.25) is 0 Å². The van der Waals surface area contributed by atoms with Gasteiger partial charge in [0.25, 0.3) is 5.91 Å². The number of rotatable bonds is 4. The minimum absolute atomic E-state index is 0.110. The monoisotopic (exact) mass is 438 g/mol. The topological polar surface area (TPSA) is 97.9 Å². The van der Waals surface area contributed by atoms with Crippen LogP contribution in [0.25, 0.3) is 22.0 Å². The van der Waals surface area contributed by atoms with Crippen LogP contribution >= 0.6 is 11.6 Å². The molecule has 2 N–H and O–H groups in total. The maximum absolute atomic E-state index is 13.3. The van der Waals surface area contributed by atoms with E-state index < -0.39 is 0 Å². The molecule has 8 nitrogen and oxygen atoms in total. The van der Waals surface area contributed by atoms with Crippen molar-refractivity contribution in [2.75, 3.05) is 18.4 Å². The summed E-state index contributed by atoms with van der Waals surface area (Å²) in [5.41, 5.74) is 3.23. The maximum atomic E-state index is 13.3. The first kappa shape index (κ1) is 20.0. The summed E-state index contributed by atoms with van der Waals surface area (Å²) in [6, 6.07) is 7.36. The molecule has 4 heterocycles. The molecular formula is C22H23ClN6O2. The number of hydrogen-bond donors (Lipinski definition) is 2. The second-order valence-corrected chi connectivity index (χ2v) is 8.56. The van der Waals surface area contributed by atoms with E-state index in [1.807, 2.05) is 10.7 Å². The van der Waals surface area contributed by atoms with Crippen LogP contribution in [0.5, 0.6) is 0 Å². The Kier molecular flexibility index (Phi) is 5.11. The number of aromatic nitrogens is 4. The summed E-state index contributed by atoms with van der Waals surface area (Å²) in [7, 11) is 0. The number of carbonyl (C=O) groups is 1. The van der Waals surface area contributed by atoms with Gasteiger partial charge in [0, 0.05) is 17.8 Å². The van der Waals surface area contributed by atoms with Crippen LogP contribution in [-0.2, 0) is 0 Å². The van der Waals surface area contributed by atoms with Crippen molar-refractivity contribution in [2.45, 2.75) is 38.6 Å². The van der Waals surface area contributed by atoms with Crippen LogP contribution in [-0.4, -0.2) is 38.7 Å². The van der Waals surface area contributed by atoms with E-state index >= 15 is 0 Å². The van der Waals surface area contributed by atoms with Gasteiger partial charge >= 0.3 is 6.01 Å². The lowest BCUT2D eigenvalue weighted by molar-refractivity contribution is 0.101. The van der Waals surface area contributed by atoms with Crippen LogP contribution in [0.3, 0.4) is 0 Å². The largest absolute Gasteiger partial charge is 0.423 e. The van der Waals surface area contributed by atoms with Crippen molar-refractivity contribution < 1.29 is 9.21 Å². The molecular weight excluding hydrogens is 416 g/mol. The Morgan fingerprint density at radius 2 is 2.23 bits per heavy atom. The van der Waals surface area contributed by atoms with Crippen LogP contribution < -0.4 is 10.6 Å². The van der Waals surface area contributed by atoms with Crippen molar-refractivity contribution in [3.8, 4) is 0 Å². The molecule has 5 rings (SSSR count). The summed E-state index contributed by atoms with van der Waals surface area (Å²) in [6.45, 7) is 5.95. The Morgan fingerprint density at radius 3 is 3.00 bits per heavy atom. The second kappa shape index (κ2) is 7.94. The Labute approximate surface area is 184 Å². The molecule has 4 aromatic rings. The number of carbonyl (C=O) groups excluding carboxylic acids is 1. The highest BCUT2D eigenvalue weighted by atomic mass is 35.5. The van der Waals surface area contributed by atoms with Gasteiger partial charge in [-0.15, -0.1) is 0 Å². The highest BCUT2D eigenvalue weighted by Crippen LogP contribution is 2.31. The molecule has 3 aromatic heterocycles. The fourth-order valence-corrected chi connectivity index (χ4v) is 4.31. The Morgan fingerprint density at radius 1 is 1.35 bits per heavy atom. The molecule has 1 amide bonds. The zero-order valence-electron chi connectivity index (χ0n) is 17.4. The Hall–Kier alpha value is -2.97. The molecule has 1 aromatic carbocycles. The summed E-state index contributed by atoms with van der Waals surface area (Å²) in [5.74, 6) is -0.232. The lowest BCUT2D eigenvalue weighted by Crippen LogP contribution is -2.32. The lowest BCUT2D eigenvalue weighted by Gasteiger charge is -2.23. The highest BCUT2D eigenvalue weighted by molar-refractivity contribution is 6.31. The third kappa shape index (κ3) is 3.66. The molecule has 0 saturated carbocycles. The zero-order chi connectivity index (χ0) is 21.5. The lowest BCUT2D eigenvalue weighted by atomic mass is 10.0. The quantitative estimate of drug-likeness (QED) is 0.486. The molecule has 0 spiro atoms. The summed E-state index contributed by atoms with van der Waals surface area (Å²) in [4.78, 5) is 22.2. The van der Waals surface area contributed by atoms with E-state index in [0.29, 0.717) is 21.8 Å². The fraction of sp³-hybridized carbons (Fsp3) is 0.364. The number of pyridine rings is 1. The first-order chi connectivity index (χ1) is 15.0. The van der Waals surface area contributed by atoms with Gasteiger partial charge in [-0.25, -0.2) is 0 Å². The summed E-state index contributed by atoms with van der Waals surface area (Å²) in [6.07, 6.45) is 3.87. The third-order valence-corrected chi connectivity index (χ3v) is 5.83.